The highest BCUT2D eigenvalue weighted by Crippen LogP contribution is 2.22. The van der Waals surface area contributed by atoms with Gasteiger partial charge in [-0.05, 0) is 49.7 Å². The molecule has 172 valence electrons. The molecule has 4 rings (SSSR count). The lowest BCUT2D eigenvalue weighted by Gasteiger charge is -2.37. The smallest absolute Gasteiger partial charge is 0.193 e. The molecule has 1 fully saturated rings. The summed E-state index contributed by atoms with van der Waals surface area (Å²) in [6.07, 6.45) is -0.566. The van der Waals surface area contributed by atoms with Gasteiger partial charge >= 0.3 is 0 Å². The van der Waals surface area contributed by atoms with E-state index in [0.717, 1.165) is 26.2 Å². The number of piperazine rings is 1. The molecule has 3 aromatic carbocycles. The summed E-state index contributed by atoms with van der Waals surface area (Å²) in [5, 5.41) is 10.5. The van der Waals surface area contributed by atoms with Crippen molar-refractivity contribution in [1.29, 1.82) is 0 Å². The monoisotopic (exact) mass is 444 g/mol. The van der Waals surface area contributed by atoms with Crippen molar-refractivity contribution in [3.8, 4) is 5.75 Å². The van der Waals surface area contributed by atoms with Crippen LogP contribution in [0.5, 0.6) is 5.75 Å². The number of aryl methyl sites for hydroxylation is 2. The van der Waals surface area contributed by atoms with Gasteiger partial charge in [-0.1, -0.05) is 48.0 Å². The van der Waals surface area contributed by atoms with Crippen LogP contribution in [0.2, 0.25) is 0 Å². The topological polar surface area (TPSA) is 53.0 Å². The summed E-state index contributed by atoms with van der Waals surface area (Å²) in [4.78, 5) is 17.2. The van der Waals surface area contributed by atoms with Gasteiger partial charge in [0.15, 0.2) is 5.78 Å². The molecule has 1 heterocycles. The highest BCUT2D eigenvalue weighted by molar-refractivity contribution is 6.08. The number of aliphatic hydroxyl groups is 1. The maximum atomic E-state index is 12.5. The average molecular weight is 445 g/mol. The molecular weight excluding hydrogens is 412 g/mol. The minimum atomic E-state index is -0.566. The molecule has 3 aromatic rings. The predicted octanol–water partition coefficient (Wildman–Crippen LogP) is 4.10. The fourth-order valence-corrected chi connectivity index (χ4v) is 4.33. The molecule has 0 spiro atoms. The van der Waals surface area contributed by atoms with Crippen LogP contribution in [-0.4, -0.2) is 61.2 Å². The zero-order chi connectivity index (χ0) is 23.2. The summed E-state index contributed by atoms with van der Waals surface area (Å²) in [7, 11) is 0. The van der Waals surface area contributed by atoms with E-state index in [1.807, 2.05) is 30.3 Å². The largest absolute Gasteiger partial charge is 0.491 e. The molecule has 5 nitrogen and oxygen atoms in total. The summed E-state index contributed by atoms with van der Waals surface area (Å²) < 4.78 is 5.77. The van der Waals surface area contributed by atoms with Crippen molar-refractivity contribution in [1.82, 2.24) is 4.90 Å². The fourth-order valence-electron chi connectivity index (χ4n) is 4.33. The molecular formula is C28H32N2O3. The van der Waals surface area contributed by atoms with Crippen LogP contribution in [0.25, 0.3) is 0 Å². The van der Waals surface area contributed by atoms with E-state index in [9.17, 15) is 9.90 Å². The van der Waals surface area contributed by atoms with E-state index in [0.29, 0.717) is 23.4 Å². The number of carbonyl (C=O) groups is 1. The first-order chi connectivity index (χ1) is 16.0. The minimum absolute atomic E-state index is 0.0119. The Bertz CT molecular complexity index is 1060. The van der Waals surface area contributed by atoms with Crippen LogP contribution < -0.4 is 9.64 Å². The third kappa shape index (κ3) is 6.01. The zero-order valence-corrected chi connectivity index (χ0v) is 19.4. The third-order valence-corrected chi connectivity index (χ3v) is 6.13. The quantitative estimate of drug-likeness (QED) is 0.530. The number of nitrogens with zero attached hydrogens (tertiary/aromatic N) is 2. The number of benzene rings is 3. The van der Waals surface area contributed by atoms with Crippen LogP contribution in [0, 0.1) is 13.8 Å². The fraction of sp³-hybridized carbons (Fsp3) is 0.321. The number of rotatable bonds is 8. The van der Waals surface area contributed by atoms with Crippen molar-refractivity contribution < 1.29 is 14.6 Å². The van der Waals surface area contributed by atoms with E-state index in [4.69, 9.17) is 4.74 Å². The van der Waals surface area contributed by atoms with Crippen LogP contribution >= 0.6 is 0 Å². The molecule has 5 heteroatoms. The lowest BCUT2D eigenvalue weighted by atomic mass is 10.0. The Morgan fingerprint density at radius 1 is 0.909 bits per heavy atom. The van der Waals surface area contributed by atoms with Crippen LogP contribution in [0.3, 0.4) is 0 Å². The number of aliphatic hydroxyl groups excluding tert-OH is 1. The summed E-state index contributed by atoms with van der Waals surface area (Å²) in [6, 6.07) is 22.9. The molecule has 1 atom stereocenters. The van der Waals surface area contributed by atoms with E-state index in [1.54, 1.807) is 24.3 Å². The molecule has 0 radical (unpaired) electrons. The van der Waals surface area contributed by atoms with E-state index >= 15 is 0 Å². The number of ether oxygens (including phenoxy) is 1. The SMILES string of the molecule is Cc1ccc(N2CCN(C[C@H](O)COc3ccc(C(=O)c4ccccc4)cc3)CC2)c(C)c1. The van der Waals surface area contributed by atoms with Crippen LogP contribution in [0.15, 0.2) is 72.8 Å². The number of anilines is 1. The Labute approximate surface area is 196 Å². The minimum Gasteiger partial charge on any atom is -0.491 e. The highest BCUT2D eigenvalue weighted by atomic mass is 16.5. The molecule has 0 saturated carbocycles. The van der Waals surface area contributed by atoms with Crippen molar-refractivity contribution in [2.24, 2.45) is 0 Å². The second kappa shape index (κ2) is 10.6. The predicted molar refractivity (Wildman–Crippen MR) is 132 cm³/mol. The molecule has 0 aromatic heterocycles. The maximum Gasteiger partial charge on any atom is 0.193 e. The molecule has 1 saturated heterocycles. The number of hydrogen-bond donors (Lipinski definition) is 1. The van der Waals surface area contributed by atoms with Gasteiger partial charge in [-0.25, -0.2) is 0 Å². The Balaban J connectivity index is 1.22. The van der Waals surface area contributed by atoms with Gasteiger partial charge in [0.25, 0.3) is 0 Å². The van der Waals surface area contributed by atoms with Crippen LogP contribution in [-0.2, 0) is 0 Å². The van der Waals surface area contributed by atoms with Gasteiger partial charge in [-0.2, -0.15) is 0 Å². The van der Waals surface area contributed by atoms with Crippen molar-refractivity contribution >= 4 is 11.5 Å². The molecule has 1 N–H and O–H groups in total. The van der Waals surface area contributed by atoms with Crippen molar-refractivity contribution in [2.45, 2.75) is 20.0 Å². The second-order valence-electron chi connectivity index (χ2n) is 8.76. The molecule has 0 amide bonds. The van der Waals surface area contributed by atoms with E-state index in [-0.39, 0.29) is 12.4 Å². The van der Waals surface area contributed by atoms with Gasteiger partial charge in [0.05, 0.1) is 0 Å². The Hall–Kier alpha value is -3.15. The van der Waals surface area contributed by atoms with Gasteiger partial charge in [-0.3, -0.25) is 9.69 Å². The van der Waals surface area contributed by atoms with Gasteiger partial charge in [0, 0.05) is 49.5 Å². The summed E-state index contributed by atoms with van der Waals surface area (Å²) in [6.45, 7) is 8.84. The number of ketones is 1. The standard InChI is InChI=1S/C28H32N2O3/c1-21-8-13-27(22(2)18-21)30-16-14-29(15-17-30)19-25(31)20-33-26-11-9-24(10-12-26)28(32)23-6-4-3-5-7-23/h3-13,18,25,31H,14-17,19-20H2,1-2H3/t25-/m0/s1. The molecule has 0 aliphatic carbocycles. The molecule has 0 bridgehead atoms. The number of hydrogen-bond acceptors (Lipinski definition) is 5. The first kappa shape index (κ1) is 23.0. The molecule has 33 heavy (non-hydrogen) atoms. The Morgan fingerprint density at radius 3 is 2.24 bits per heavy atom. The van der Waals surface area contributed by atoms with Gasteiger partial charge in [0.2, 0.25) is 0 Å². The first-order valence-corrected chi connectivity index (χ1v) is 11.5. The van der Waals surface area contributed by atoms with E-state index in [1.165, 1.54) is 16.8 Å². The van der Waals surface area contributed by atoms with Crippen molar-refractivity contribution in [2.75, 3.05) is 44.2 Å². The van der Waals surface area contributed by atoms with Gasteiger partial charge in [-0.15, -0.1) is 0 Å². The normalized spacial score (nSPS) is 15.3. The Kier molecular flexibility index (Phi) is 7.43. The lowest BCUT2D eigenvalue weighted by molar-refractivity contribution is 0.0663. The van der Waals surface area contributed by atoms with Crippen LogP contribution in [0.4, 0.5) is 5.69 Å². The maximum absolute atomic E-state index is 12.5. The number of β-amino-alcohol motifs (C(OH)–C–C–N with tert-alkyl or cyclic N) is 1. The highest BCUT2D eigenvalue weighted by Gasteiger charge is 2.20. The zero-order valence-electron chi connectivity index (χ0n) is 19.4. The Morgan fingerprint density at radius 2 is 1.58 bits per heavy atom. The summed E-state index contributed by atoms with van der Waals surface area (Å²) in [5.41, 5.74) is 5.19. The lowest BCUT2D eigenvalue weighted by Crippen LogP contribution is -2.49. The average Bonchev–Trinajstić information content (AvgIpc) is 2.84. The van der Waals surface area contributed by atoms with Crippen LogP contribution in [0.1, 0.15) is 27.0 Å². The third-order valence-electron chi connectivity index (χ3n) is 6.13. The molecule has 1 aliphatic heterocycles. The second-order valence-corrected chi connectivity index (χ2v) is 8.76. The first-order valence-electron chi connectivity index (χ1n) is 11.5. The van der Waals surface area contributed by atoms with Gasteiger partial charge < -0.3 is 14.7 Å². The number of carbonyl (C=O) groups excluding carboxylic acids is 1. The van der Waals surface area contributed by atoms with Crippen molar-refractivity contribution in [3.05, 3.63) is 95.1 Å². The van der Waals surface area contributed by atoms with E-state index < -0.39 is 6.10 Å². The molecule has 1 aliphatic rings. The van der Waals surface area contributed by atoms with Crippen molar-refractivity contribution in [3.63, 3.8) is 0 Å². The molecule has 0 unspecified atom stereocenters. The summed E-state index contributed by atoms with van der Waals surface area (Å²) >= 11 is 0. The van der Waals surface area contributed by atoms with Gasteiger partial charge in [0.1, 0.15) is 18.5 Å². The van der Waals surface area contributed by atoms with E-state index in [2.05, 4.69) is 41.8 Å². The summed E-state index contributed by atoms with van der Waals surface area (Å²) in [5.74, 6) is 0.639.